The van der Waals surface area contributed by atoms with Crippen LogP contribution in [0.3, 0.4) is 0 Å². The first-order valence-corrected chi connectivity index (χ1v) is 4.73. The SMILES string of the molecule is CCCC[C@H](N)c1ccc(CO)o1.Cl. The van der Waals surface area contributed by atoms with Crippen LogP contribution in [-0.4, -0.2) is 5.11 Å². The van der Waals surface area contributed by atoms with Gasteiger partial charge in [0.15, 0.2) is 0 Å². The monoisotopic (exact) mass is 219 g/mol. The van der Waals surface area contributed by atoms with Gasteiger partial charge in [-0.05, 0) is 18.6 Å². The third-order valence-electron chi connectivity index (χ3n) is 2.07. The lowest BCUT2D eigenvalue weighted by molar-refractivity contribution is 0.241. The first-order chi connectivity index (χ1) is 6.27. The fraction of sp³-hybridized carbons (Fsp3) is 0.600. The normalized spacial score (nSPS) is 12.2. The van der Waals surface area contributed by atoms with E-state index >= 15 is 0 Å². The van der Waals surface area contributed by atoms with Crippen LogP contribution in [0.4, 0.5) is 0 Å². The maximum absolute atomic E-state index is 8.77. The average Bonchev–Trinajstić information content (AvgIpc) is 2.62. The van der Waals surface area contributed by atoms with Gasteiger partial charge in [0, 0.05) is 0 Å². The molecule has 1 aromatic rings. The first kappa shape index (κ1) is 13.5. The molecule has 14 heavy (non-hydrogen) atoms. The fourth-order valence-electron chi connectivity index (χ4n) is 1.25. The molecule has 0 unspecified atom stereocenters. The third kappa shape index (κ3) is 3.70. The third-order valence-corrected chi connectivity index (χ3v) is 2.07. The lowest BCUT2D eigenvalue weighted by Gasteiger charge is -2.06. The number of aliphatic hydroxyl groups excluding tert-OH is 1. The topological polar surface area (TPSA) is 59.4 Å². The molecule has 4 heteroatoms. The van der Waals surface area contributed by atoms with Gasteiger partial charge in [-0.1, -0.05) is 19.8 Å². The molecule has 0 aliphatic rings. The Morgan fingerprint density at radius 3 is 2.71 bits per heavy atom. The second-order valence-corrected chi connectivity index (χ2v) is 3.21. The van der Waals surface area contributed by atoms with Crippen molar-refractivity contribution in [2.45, 2.75) is 38.8 Å². The second kappa shape index (κ2) is 6.87. The molecule has 3 nitrogen and oxygen atoms in total. The zero-order valence-electron chi connectivity index (χ0n) is 8.40. The Bertz CT molecular complexity index is 250. The van der Waals surface area contributed by atoms with Crippen molar-refractivity contribution in [3.8, 4) is 0 Å². The summed E-state index contributed by atoms with van der Waals surface area (Å²) in [6.45, 7) is 2.08. The van der Waals surface area contributed by atoms with Crippen LogP contribution >= 0.6 is 12.4 Å². The predicted octanol–water partition coefficient (Wildman–Crippen LogP) is 2.38. The summed E-state index contributed by atoms with van der Waals surface area (Å²) in [6.07, 6.45) is 3.19. The van der Waals surface area contributed by atoms with Crippen molar-refractivity contribution in [1.29, 1.82) is 0 Å². The van der Waals surface area contributed by atoms with E-state index in [0.29, 0.717) is 5.76 Å². The average molecular weight is 220 g/mol. The Kier molecular flexibility index (Phi) is 6.62. The van der Waals surface area contributed by atoms with Gasteiger partial charge in [0.25, 0.3) is 0 Å². The van der Waals surface area contributed by atoms with E-state index in [-0.39, 0.29) is 25.1 Å². The molecule has 0 aliphatic carbocycles. The van der Waals surface area contributed by atoms with E-state index in [4.69, 9.17) is 15.3 Å². The molecule has 0 spiro atoms. The van der Waals surface area contributed by atoms with E-state index in [1.54, 1.807) is 6.07 Å². The number of unbranched alkanes of at least 4 members (excludes halogenated alkanes) is 1. The summed E-state index contributed by atoms with van der Waals surface area (Å²) in [6, 6.07) is 3.58. The van der Waals surface area contributed by atoms with E-state index in [1.807, 2.05) is 6.07 Å². The Hall–Kier alpha value is -0.510. The number of halogens is 1. The number of hydrogen-bond donors (Lipinski definition) is 2. The van der Waals surface area contributed by atoms with Crippen molar-refractivity contribution in [1.82, 2.24) is 0 Å². The van der Waals surface area contributed by atoms with Gasteiger partial charge in [-0.3, -0.25) is 0 Å². The highest BCUT2D eigenvalue weighted by molar-refractivity contribution is 5.85. The molecule has 0 bridgehead atoms. The lowest BCUT2D eigenvalue weighted by atomic mass is 10.1. The van der Waals surface area contributed by atoms with Crippen molar-refractivity contribution < 1.29 is 9.52 Å². The summed E-state index contributed by atoms with van der Waals surface area (Å²) in [7, 11) is 0. The van der Waals surface area contributed by atoms with E-state index in [1.165, 1.54) is 0 Å². The zero-order chi connectivity index (χ0) is 9.68. The number of aliphatic hydroxyl groups is 1. The molecule has 0 fully saturated rings. The molecule has 0 saturated carbocycles. The molecule has 1 heterocycles. The van der Waals surface area contributed by atoms with E-state index in [9.17, 15) is 0 Å². The Morgan fingerprint density at radius 1 is 1.50 bits per heavy atom. The summed E-state index contributed by atoms with van der Waals surface area (Å²) in [5, 5.41) is 8.77. The largest absolute Gasteiger partial charge is 0.462 e. The molecule has 3 N–H and O–H groups in total. The quantitative estimate of drug-likeness (QED) is 0.800. The maximum Gasteiger partial charge on any atom is 0.129 e. The van der Waals surface area contributed by atoms with Crippen LogP contribution in [0.5, 0.6) is 0 Å². The molecule has 1 rings (SSSR count). The van der Waals surface area contributed by atoms with Gasteiger partial charge >= 0.3 is 0 Å². The van der Waals surface area contributed by atoms with E-state index in [0.717, 1.165) is 25.0 Å². The minimum absolute atomic E-state index is 0. The number of furan rings is 1. The van der Waals surface area contributed by atoms with Gasteiger partial charge in [-0.15, -0.1) is 12.4 Å². The van der Waals surface area contributed by atoms with Gasteiger partial charge in [-0.25, -0.2) is 0 Å². The summed E-state index contributed by atoms with van der Waals surface area (Å²) in [4.78, 5) is 0. The minimum atomic E-state index is -0.0551. The summed E-state index contributed by atoms with van der Waals surface area (Å²) >= 11 is 0. The second-order valence-electron chi connectivity index (χ2n) is 3.21. The van der Waals surface area contributed by atoms with Crippen LogP contribution < -0.4 is 5.73 Å². The van der Waals surface area contributed by atoms with Crippen molar-refractivity contribution in [3.63, 3.8) is 0 Å². The highest BCUT2D eigenvalue weighted by atomic mass is 35.5. The molecular formula is C10H18ClNO2. The Balaban J connectivity index is 0.00000169. The molecule has 0 aromatic carbocycles. The number of hydrogen-bond acceptors (Lipinski definition) is 3. The molecule has 1 atom stereocenters. The Morgan fingerprint density at radius 2 is 2.21 bits per heavy atom. The number of nitrogens with two attached hydrogens (primary N) is 1. The highest BCUT2D eigenvalue weighted by Gasteiger charge is 2.09. The molecule has 1 aromatic heterocycles. The molecule has 0 radical (unpaired) electrons. The molecule has 0 amide bonds. The van der Waals surface area contributed by atoms with Gasteiger partial charge in [0.2, 0.25) is 0 Å². The molecule has 82 valence electrons. The highest BCUT2D eigenvalue weighted by Crippen LogP contribution is 2.19. The smallest absolute Gasteiger partial charge is 0.129 e. The molecule has 0 aliphatic heterocycles. The van der Waals surface area contributed by atoms with Crippen LogP contribution in [0.1, 0.15) is 43.7 Å². The first-order valence-electron chi connectivity index (χ1n) is 4.73. The van der Waals surface area contributed by atoms with E-state index < -0.39 is 0 Å². The van der Waals surface area contributed by atoms with Crippen molar-refractivity contribution in [2.24, 2.45) is 5.73 Å². The van der Waals surface area contributed by atoms with Crippen LogP contribution in [0.25, 0.3) is 0 Å². The van der Waals surface area contributed by atoms with Gasteiger partial charge < -0.3 is 15.3 Å². The predicted molar refractivity (Wildman–Crippen MR) is 58.3 cm³/mol. The minimum Gasteiger partial charge on any atom is -0.462 e. The molecular weight excluding hydrogens is 202 g/mol. The zero-order valence-corrected chi connectivity index (χ0v) is 9.22. The van der Waals surface area contributed by atoms with Crippen molar-refractivity contribution in [2.75, 3.05) is 0 Å². The van der Waals surface area contributed by atoms with Crippen LogP contribution in [0.2, 0.25) is 0 Å². The van der Waals surface area contributed by atoms with Gasteiger partial charge in [-0.2, -0.15) is 0 Å². The standard InChI is InChI=1S/C10H17NO2.ClH/c1-2-3-4-9(11)10-6-5-8(7-12)13-10;/h5-6,9,12H,2-4,7,11H2,1H3;1H/t9-;/m0./s1. The van der Waals surface area contributed by atoms with E-state index in [2.05, 4.69) is 6.92 Å². The maximum atomic E-state index is 8.77. The van der Waals surface area contributed by atoms with Crippen molar-refractivity contribution in [3.05, 3.63) is 23.7 Å². The van der Waals surface area contributed by atoms with Crippen molar-refractivity contribution >= 4 is 12.4 Å². The molecule has 0 saturated heterocycles. The summed E-state index contributed by atoms with van der Waals surface area (Å²) in [5.41, 5.74) is 5.87. The Labute approximate surface area is 90.7 Å². The van der Waals surface area contributed by atoms with Crippen LogP contribution in [-0.2, 0) is 6.61 Å². The van der Waals surface area contributed by atoms with Crippen LogP contribution in [0, 0.1) is 0 Å². The fourth-order valence-corrected chi connectivity index (χ4v) is 1.25. The summed E-state index contributed by atoms with van der Waals surface area (Å²) < 4.78 is 5.32. The number of rotatable bonds is 5. The lowest BCUT2D eigenvalue weighted by Crippen LogP contribution is -2.08. The van der Waals surface area contributed by atoms with Gasteiger partial charge in [0.1, 0.15) is 18.1 Å². The van der Waals surface area contributed by atoms with Crippen LogP contribution in [0.15, 0.2) is 16.5 Å². The van der Waals surface area contributed by atoms with Gasteiger partial charge in [0.05, 0.1) is 6.04 Å². The summed E-state index contributed by atoms with van der Waals surface area (Å²) in [5.74, 6) is 1.36.